The number of ether oxygens (including phenoxy) is 1. The van der Waals surface area contributed by atoms with Gasteiger partial charge in [-0.1, -0.05) is 65.2 Å². The highest BCUT2D eigenvalue weighted by atomic mass is 32.2. The van der Waals surface area contributed by atoms with Crippen molar-refractivity contribution in [2.75, 3.05) is 18.1 Å². The zero-order valence-electron chi connectivity index (χ0n) is 15.9. The lowest BCUT2D eigenvalue weighted by Gasteiger charge is -2.18. The molecule has 1 aromatic rings. The number of rotatable bonds is 17. The quantitative estimate of drug-likeness (QED) is 0.324. The first-order chi connectivity index (χ1) is 11.9. The maximum Gasteiger partial charge on any atom is 0.0946 e. The lowest BCUT2D eigenvalue weighted by Crippen LogP contribution is -2.23. The summed E-state index contributed by atoms with van der Waals surface area (Å²) in [5, 5.41) is 0. The van der Waals surface area contributed by atoms with Crippen LogP contribution in [0.2, 0.25) is 0 Å². The minimum atomic E-state index is 0.311. The zero-order chi connectivity index (χ0) is 17.3. The summed E-state index contributed by atoms with van der Waals surface area (Å²) in [4.78, 5) is 4.14. The van der Waals surface area contributed by atoms with E-state index in [1.807, 2.05) is 18.7 Å². The first kappa shape index (κ1) is 21.6. The van der Waals surface area contributed by atoms with Crippen LogP contribution in [0.5, 0.6) is 0 Å². The highest BCUT2D eigenvalue weighted by molar-refractivity contribution is 7.99. The summed E-state index contributed by atoms with van der Waals surface area (Å²) in [6.07, 6.45) is 19.5. The van der Waals surface area contributed by atoms with Gasteiger partial charge in [0, 0.05) is 24.8 Å². The third-order valence-corrected chi connectivity index (χ3v) is 5.46. The van der Waals surface area contributed by atoms with E-state index in [9.17, 15) is 0 Å². The van der Waals surface area contributed by atoms with Gasteiger partial charge in [-0.25, -0.2) is 4.98 Å². The fourth-order valence-electron chi connectivity index (χ4n) is 2.76. The summed E-state index contributed by atoms with van der Waals surface area (Å²) >= 11 is 2.06. The Morgan fingerprint density at radius 2 is 1.67 bits per heavy atom. The molecule has 1 unspecified atom stereocenters. The predicted octanol–water partition coefficient (Wildman–Crippen LogP) is 5.94. The highest BCUT2D eigenvalue weighted by Gasteiger charge is 2.10. The molecule has 1 atom stereocenters. The second-order valence-corrected chi connectivity index (χ2v) is 7.81. The van der Waals surface area contributed by atoms with Crippen molar-refractivity contribution < 1.29 is 4.74 Å². The van der Waals surface area contributed by atoms with Crippen LogP contribution >= 0.6 is 11.8 Å². The summed E-state index contributed by atoms with van der Waals surface area (Å²) in [5.74, 6) is 2.37. The van der Waals surface area contributed by atoms with Crippen LogP contribution in [0.3, 0.4) is 0 Å². The number of imidazole rings is 1. The second-order valence-electron chi connectivity index (χ2n) is 6.66. The summed E-state index contributed by atoms with van der Waals surface area (Å²) in [5.41, 5.74) is 0. The van der Waals surface area contributed by atoms with Crippen molar-refractivity contribution in [2.24, 2.45) is 0 Å². The Kier molecular flexibility index (Phi) is 14.4. The molecular weight excluding hydrogens is 316 g/mol. The van der Waals surface area contributed by atoms with E-state index in [0.717, 1.165) is 18.9 Å². The van der Waals surface area contributed by atoms with Crippen LogP contribution in [0, 0.1) is 0 Å². The Balaban J connectivity index is 2.13. The van der Waals surface area contributed by atoms with Crippen molar-refractivity contribution in [3.05, 3.63) is 18.7 Å². The van der Waals surface area contributed by atoms with Gasteiger partial charge < -0.3 is 9.30 Å². The molecule has 0 saturated carbocycles. The molecule has 24 heavy (non-hydrogen) atoms. The molecule has 0 aliphatic carbocycles. The Morgan fingerprint density at radius 1 is 0.958 bits per heavy atom. The molecule has 1 heterocycles. The zero-order valence-corrected chi connectivity index (χ0v) is 16.7. The number of unbranched alkanes of at least 4 members (excludes halogenated alkanes) is 8. The third-order valence-electron chi connectivity index (χ3n) is 4.27. The summed E-state index contributed by atoms with van der Waals surface area (Å²) in [6.45, 7) is 6.36. The Bertz CT molecular complexity index is 357. The van der Waals surface area contributed by atoms with E-state index in [0.29, 0.717) is 6.10 Å². The number of nitrogens with zero attached hydrogens (tertiary/aromatic N) is 2. The second kappa shape index (κ2) is 16.0. The van der Waals surface area contributed by atoms with Gasteiger partial charge in [0.05, 0.1) is 19.0 Å². The van der Waals surface area contributed by atoms with E-state index in [1.165, 1.54) is 70.0 Å². The molecule has 0 radical (unpaired) electrons. The fraction of sp³-hybridized carbons (Fsp3) is 0.850. The normalized spacial score (nSPS) is 12.6. The van der Waals surface area contributed by atoms with Gasteiger partial charge >= 0.3 is 0 Å². The Morgan fingerprint density at radius 3 is 2.38 bits per heavy atom. The van der Waals surface area contributed by atoms with Crippen molar-refractivity contribution in [2.45, 2.75) is 90.7 Å². The SMILES string of the molecule is CCCCCCCCSCC(Cn1ccnc1)OCCCCCC. The van der Waals surface area contributed by atoms with Crippen molar-refractivity contribution >= 4 is 11.8 Å². The van der Waals surface area contributed by atoms with E-state index < -0.39 is 0 Å². The highest BCUT2D eigenvalue weighted by Crippen LogP contribution is 2.13. The molecule has 3 nitrogen and oxygen atoms in total. The molecule has 0 saturated heterocycles. The van der Waals surface area contributed by atoms with E-state index in [1.54, 1.807) is 0 Å². The van der Waals surface area contributed by atoms with Crippen LogP contribution in [0.1, 0.15) is 78.1 Å². The third kappa shape index (κ3) is 12.0. The molecule has 0 bridgehead atoms. The van der Waals surface area contributed by atoms with Gasteiger partial charge in [0.25, 0.3) is 0 Å². The maximum absolute atomic E-state index is 6.15. The molecule has 0 spiro atoms. The van der Waals surface area contributed by atoms with Gasteiger partial charge in [-0.15, -0.1) is 0 Å². The van der Waals surface area contributed by atoms with Gasteiger partial charge in [0.15, 0.2) is 0 Å². The average molecular weight is 355 g/mol. The molecule has 1 aromatic heterocycles. The van der Waals surface area contributed by atoms with Gasteiger partial charge in [-0.05, 0) is 18.6 Å². The van der Waals surface area contributed by atoms with Gasteiger partial charge in [-0.3, -0.25) is 0 Å². The molecule has 0 fully saturated rings. The molecule has 0 aromatic carbocycles. The smallest absolute Gasteiger partial charge is 0.0946 e. The molecule has 4 heteroatoms. The number of hydrogen-bond donors (Lipinski definition) is 0. The number of thioether (sulfide) groups is 1. The molecule has 0 N–H and O–H groups in total. The van der Waals surface area contributed by atoms with Crippen molar-refractivity contribution in [1.82, 2.24) is 9.55 Å². The monoisotopic (exact) mass is 354 g/mol. The summed E-state index contributed by atoms with van der Waals surface area (Å²) in [6, 6.07) is 0. The minimum absolute atomic E-state index is 0.311. The topological polar surface area (TPSA) is 27.1 Å². The largest absolute Gasteiger partial charge is 0.376 e. The summed E-state index contributed by atoms with van der Waals surface area (Å²) in [7, 11) is 0. The van der Waals surface area contributed by atoms with E-state index in [-0.39, 0.29) is 0 Å². The maximum atomic E-state index is 6.15. The van der Waals surface area contributed by atoms with E-state index in [2.05, 4.69) is 35.2 Å². The van der Waals surface area contributed by atoms with Gasteiger partial charge in [0.1, 0.15) is 0 Å². The average Bonchev–Trinajstić information content (AvgIpc) is 3.09. The van der Waals surface area contributed by atoms with Crippen LogP contribution < -0.4 is 0 Å². The lowest BCUT2D eigenvalue weighted by molar-refractivity contribution is 0.0548. The van der Waals surface area contributed by atoms with E-state index >= 15 is 0 Å². The fourth-order valence-corrected chi connectivity index (χ4v) is 3.80. The van der Waals surface area contributed by atoms with Crippen LogP contribution in [0.4, 0.5) is 0 Å². The molecule has 0 aliphatic heterocycles. The first-order valence-corrected chi connectivity index (χ1v) is 11.2. The lowest BCUT2D eigenvalue weighted by atomic mass is 10.1. The molecule has 0 aliphatic rings. The Hall–Kier alpha value is -0.480. The van der Waals surface area contributed by atoms with Gasteiger partial charge in [0.2, 0.25) is 0 Å². The molecule has 0 amide bonds. The van der Waals surface area contributed by atoms with Crippen LogP contribution in [0.15, 0.2) is 18.7 Å². The number of hydrogen-bond acceptors (Lipinski definition) is 3. The first-order valence-electron chi connectivity index (χ1n) is 10.0. The van der Waals surface area contributed by atoms with Crippen molar-refractivity contribution in [3.8, 4) is 0 Å². The van der Waals surface area contributed by atoms with Crippen LogP contribution in [-0.2, 0) is 11.3 Å². The predicted molar refractivity (Wildman–Crippen MR) is 107 cm³/mol. The molecular formula is C20H38N2OS. The summed E-state index contributed by atoms with van der Waals surface area (Å²) < 4.78 is 8.29. The number of aromatic nitrogens is 2. The molecule has 140 valence electrons. The standard InChI is InChI=1S/C20H38N2OS/c1-3-5-7-9-10-12-16-24-18-20(17-22-14-13-21-19-22)23-15-11-8-6-4-2/h13-14,19-20H,3-12,15-18H2,1-2H3. The minimum Gasteiger partial charge on any atom is -0.376 e. The van der Waals surface area contributed by atoms with Crippen molar-refractivity contribution in [3.63, 3.8) is 0 Å². The molecule has 1 rings (SSSR count). The van der Waals surface area contributed by atoms with Gasteiger partial charge in [-0.2, -0.15) is 11.8 Å². The Labute approximate surface area is 154 Å². The van der Waals surface area contributed by atoms with Crippen LogP contribution in [-0.4, -0.2) is 33.8 Å². The van der Waals surface area contributed by atoms with E-state index in [4.69, 9.17) is 4.74 Å². The van der Waals surface area contributed by atoms with Crippen molar-refractivity contribution in [1.29, 1.82) is 0 Å². The van der Waals surface area contributed by atoms with Crippen LogP contribution in [0.25, 0.3) is 0 Å².